The second-order valence-electron chi connectivity index (χ2n) is 6.06. The summed E-state index contributed by atoms with van der Waals surface area (Å²) < 4.78 is 10.7. The van der Waals surface area contributed by atoms with Gasteiger partial charge in [-0.05, 0) is 13.0 Å². The third-order valence-electron chi connectivity index (χ3n) is 4.16. The summed E-state index contributed by atoms with van der Waals surface area (Å²) in [4.78, 5) is 11.7. The van der Waals surface area contributed by atoms with E-state index >= 15 is 0 Å². The highest BCUT2D eigenvalue weighted by atomic mass is 32.1. The standard InChI is InChI=1S/C21H19N3O2S/c1-13-9-18-20(22-15-10-16(25-2)12-17(11-15)26-3)23-19(24-21(18)27-13)14-7-5-4-6-8-14/h4-12H,1-3H3,(H,22,23,24). The van der Waals surface area contributed by atoms with Crippen molar-refractivity contribution in [3.05, 3.63) is 59.5 Å². The predicted molar refractivity (Wildman–Crippen MR) is 110 cm³/mol. The van der Waals surface area contributed by atoms with Gasteiger partial charge in [-0.2, -0.15) is 0 Å². The van der Waals surface area contributed by atoms with Crippen molar-refractivity contribution < 1.29 is 9.47 Å². The quantitative estimate of drug-likeness (QED) is 0.503. The molecule has 0 fully saturated rings. The Labute approximate surface area is 161 Å². The fourth-order valence-corrected chi connectivity index (χ4v) is 3.75. The Hall–Kier alpha value is -3.12. The number of anilines is 2. The van der Waals surface area contributed by atoms with E-state index in [2.05, 4.69) is 18.3 Å². The van der Waals surface area contributed by atoms with Crippen LogP contribution in [0.4, 0.5) is 11.5 Å². The van der Waals surface area contributed by atoms with Gasteiger partial charge < -0.3 is 14.8 Å². The van der Waals surface area contributed by atoms with Crippen LogP contribution in [-0.4, -0.2) is 24.2 Å². The van der Waals surface area contributed by atoms with Crippen molar-refractivity contribution in [2.24, 2.45) is 0 Å². The number of thiophene rings is 1. The number of hydrogen-bond donors (Lipinski definition) is 1. The van der Waals surface area contributed by atoms with Crippen LogP contribution in [0.1, 0.15) is 4.88 Å². The summed E-state index contributed by atoms with van der Waals surface area (Å²) in [6.45, 7) is 2.08. The maximum Gasteiger partial charge on any atom is 0.163 e. The number of ether oxygens (including phenoxy) is 2. The van der Waals surface area contributed by atoms with E-state index in [-0.39, 0.29) is 0 Å². The molecule has 1 N–H and O–H groups in total. The molecule has 0 aliphatic rings. The minimum Gasteiger partial charge on any atom is -0.497 e. The lowest BCUT2D eigenvalue weighted by Crippen LogP contribution is -1.99. The van der Waals surface area contributed by atoms with Gasteiger partial charge in [-0.3, -0.25) is 0 Å². The van der Waals surface area contributed by atoms with Crippen LogP contribution < -0.4 is 14.8 Å². The molecule has 0 aliphatic heterocycles. The van der Waals surface area contributed by atoms with E-state index in [1.165, 1.54) is 4.88 Å². The summed E-state index contributed by atoms with van der Waals surface area (Å²) >= 11 is 1.66. The predicted octanol–water partition coefficient (Wildman–Crippen LogP) is 5.43. The van der Waals surface area contributed by atoms with Crippen molar-refractivity contribution in [3.8, 4) is 22.9 Å². The van der Waals surface area contributed by atoms with Crippen molar-refractivity contribution in [1.29, 1.82) is 0 Å². The Kier molecular flexibility index (Phi) is 4.64. The normalized spacial score (nSPS) is 10.8. The Morgan fingerprint density at radius 2 is 1.59 bits per heavy atom. The first-order chi connectivity index (χ1) is 13.2. The van der Waals surface area contributed by atoms with Gasteiger partial charge >= 0.3 is 0 Å². The Balaban J connectivity index is 1.83. The van der Waals surface area contributed by atoms with Gasteiger partial charge in [0.15, 0.2) is 5.82 Å². The molecule has 4 aromatic rings. The molecule has 0 radical (unpaired) electrons. The fourth-order valence-electron chi connectivity index (χ4n) is 2.87. The summed E-state index contributed by atoms with van der Waals surface area (Å²) in [7, 11) is 3.27. The summed E-state index contributed by atoms with van der Waals surface area (Å²) in [6.07, 6.45) is 0. The molecule has 0 bridgehead atoms. The van der Waals surface area contributed by atoms with E-state index in [1.807, 2.05) is 48.5 Å². The zero-order chi connectivity index (χ0) is 18.8. The van der Waals surface area contributed by atoms with Crippen LogP contribution in [0.25, 0.3) is 21.6 Å². The van der Waals surface area contributed by atoms with Crippen molar-refractivity contribution >= 4 is 33.1 Å². The lowest BCUT2D eigenvalue weighted by atomic mass is 10.2. The van der Waals surface area contributed by atoms with Crippen LogP contribution in [0.5, 0.6) is 11.5 Å². The van der Waals surface area contributed by atoms with E-state index in [9.17, 15) is 0 Å². The van der Waals surface area contributed by atoms with Gasteiger partial charge in [0, 0.05) is 34.3 Å². The largest absolute Gasteiger partial charge is 0.497 e. The second-order valence-corrected chi connectivity index (χ2v) is 7.30. The van der Waals surface area contributed by atoms with E-state index in [0.717, 1.165) is 27.3 Å². The molecule has 4 rings (SSSR count). The number of aromatic nitrogens is 2. The summed E-state index contributed by atoms with van der Waals surface area (Å²) in [6, 6.07) is 17.8. The number of fused-ring (bicyclic) bond motifs is 1. The summed E-state index contributed by atoms with van der Waals surface area (Å²) in [5, 5.41) is 4.41. The van der Waals surface area contributed by atoms with E-state index in [4.69, 9.17) is 19.4 Å². The molecule has 136 valence electrons. The number of methoxy groups -OCH3 is 2. The first kappa shape index (κ1) is 17.3. The molecule has 0 aliphatic carbocycles. The van der Waals surface area contributed by atoms with Crippen LogP contribution in [0, 0.1) is 6.92 Å². The van der Waals surface area contributed by atoms with Crippen molar-refractivity contribution in [3.63, 3.8) is 0 Å². The Bertz CT molecular complexity index is 1070. The number of benzene rings is 2. The molecule has 0 saturated carbocycles. The maximum absolute atomic E-state index is 5.37. The Morgan fingerprint density at radius 3 is 2.26 bits per heavy atom. The van der Waals surface area contributed by atoms with Gasteiger partial charge in [-0.15, -0.1) is 11.3 Å². The molecule has 5 nitrogen and oxygen atoms in total. The van der Waals surface area contributed by atoms with Gasteiger partial charge in [0.05, 0.1) is 19.6 Å². The fraction of sp³-hybridized carbons (Fsp3) is 0.143. The highest BCUT2D eigenvalue weighted by molar-refractivity contribution is 7.18. The minimum absolute atomic E-state index is 0.697. The smallest absolute Gasteiger partial charge is 0.163 e. The average Bonchev–Trinajstić information content (AvgIpc) is 3.08. The van der Waals surface area contributed by atoms with E-state index in [1.54, 1.807) is 25.6 Å². The number of nitrogens with zero attached hydrogens (tertiary/aromatic N) is 2. The second kappa shape index (κ2) is 7.25. The van der Waals surface area contributed by atoms with Crippen LogP contribution >= 0.6 is 11.3 Å². The average molecular weight is 377 g/mol. The zero-order valence-electron chi connectivity index (χ0n) is 15.3. The Morgan fingerprint density at radius 1 is 0.889 bits per heavy atom. The molecule has 2 heterocycles. The molecule has 27 heavy (non-hydrogen) atoms. The summed E-state index contributed by atoms with van der Waals surface area (Å²) in [5.74, 6) is 2.89. The molecule has 0 atom stereocenters. The molecule has 2 aromatic heterocycles. The lowest BCUT2D eigenvalue weighted by Gasteiger charge is -2.12. The van der Waals surface area contributed by atoms with Gasteiger partial charge in [0.2, 0.25) is 0 Å². The first-order valence-corrected chi connectivity index (χ1v) is 9.31. The maximum atomic E-state index is 5.37. The molecule has 0 saturated heterocycles. The van der Waals surface area contributed by atoms with E-state index < -0.39 is 0 Å². The van der Waals surface area contributed by atoms with Crippen LogP contribution in [0.2, 0.25) is 0 Å². The molecule has 6 heteroatoms. The third kappa shape index (κ3) is 3.57. The molecule has 0 unspecified atom stereocenters. The molecule has 0 amide bonds. The number of hydrogen-bond acceptors (Lipinski definition) is 6. The lowest BCUT2D eigenvalue weighted by molar-refractivity contribution is 0.395. The highest BCUT2D eigenvalue weighted by Gasteiger charge is 2.13. The van der Waals surface area contributed by atoms with Gasteiger partial charge in [-0.25, -0.2) is 9.97 Å². The SMILES string of the molecule is COc1cc(Nc2nc(-c3ccccc3)nc3sc(C)cc23)cc(OC)c1. The van der Waals surface area contributed by atoms with Crippen molar-refractivity contribution in [2.75, 3.05) is 19.5 Å². The van der Waals surface area contributed by atoms with Crippen LogP contribution in [0.15, 0.2) is 54.6 Å². The van der Waals surface area contributed by atoms with Crippen LogP contribution in [-0.2, 0) is 0 Å². The molecule has 2 aromatic carbocycles. The molecular weight excluding hydrogens is 358 g/mol. The van der Waals surface area contributed by atoms with Crippen molar-refractivity contribution in [1.82, 2.24) is 9.97 Å². The minimum atomic E-state index is 0.697. The number of aryl methyl sites for hydroxylation is 1. The topological polar surface area (TPSA) is 56.3 Å². The van der Waals surface area contributed by atoms with Crippen LogP contribution in [0.3, 0.4) is 0 Å². The monoisotopic (exact) mass is 377 g/mol. The third-order valence-corrected chi connectivity index (χ3v) is 5.11. The molecule has 0 spiro atoms. The zero-order valence-corrected chi connectivity index (χ0v) is 16.1. The number of nitrogens with one attached hydrogen (secondary N) is 1. The molecular formula is C21H19N3O2S. The van der Waals surface area contributed by atoms with E-state index in [0.29, 0.717) is 17.3 Å². The van der Waals surface area contributed by atoms with Gasteiger partial charge in [0.1, 0.15) is 22.1 Å². The first-order valence-electron chi connectivity index (χ1n) is 8.50. The highest BCUT2D eigenvalue weighted by Crippen LogP contribution is 2.34. The van der Waals surface area contributed by atoms with Crippen molar-refractivity contribution in [2.45, 2.75) is 6.92 Å². The number of rotatable bonds is 5. The van der Waals surface area contributed by atoms with Gasteiger partial charge in [0.25, 0.3) is 0 Å². The van der Waals surface area contributed by atoms with Gasteiger partial charge in [-0.1, -0.05) is 30.3 Å². The summed E-state index contributed by atoms with van der Waals surface area (Å²) in [5.41, 5.74) is 1.82.